The quantitative estimate of drug-likeness (QED) is 0.842. The Kier molecular flexibility index (Phi) is 3.00. The first-order chi connectivity index (χ1) is 8.49. The number of halogens is 3. The molecule has 0 aliphatic heterocycles. The molecular weight excluding hydrogens is 251 g/mol. The van der Waals surface area contributed by atoms with Crippen molar-refractivity contribution in [2.45, 2.75) is 6.42 Å². The van der Waals surface area contributed by atoms with Gasteiger partial charge in [-0.25, -0.2) is 17.9 Å². The molecular formula is C10H6F3N3O2. The number of rotatable bonds is 3. The lowest BCUT2D eigenvalue weighted by atomic mass is 10.2. The molecule has 2 rings (SSSR count). The minimum Gasteiger partial charge on any atom is -0.481 e. The molecule has 0 aliphatic carbocycles. The Morgan fingerprint density at radius 1 is 1.28 bits per heavy atom. The van der Waals surface area contributed by atoms with E-state index in [9.17, 15) is 18.0 Å². The number of nitrogens with zero attached hydrogens (tertiary/aromatic N) is 3. The van der Waals surface area contributed by atoms with Crippen LogP contribution in [0.5, 0.6) is 0 Å². The van der Waals surface area contributed by atoms with Gasteiger partial charge >= 0.3 is 5.97 Å². The Morgan fingerprint density at radius 2 is 1.89 bits per heavy atom. The first kappa shape index (κ1) is 12.1. The largest absolute Gasteiger partial charge is 0.481 e. The Balaban J connectivity index is 2.49. The highest BCUT2D eigenvalue weighted by Gasteiger charge is 2.15. The Morgan fingerprint density at radius 3 is 2.44 bits per heavy atom. The molecule has 94 valence electrons. The lowest BCUT2D eigenvalue weighted by Gasteiger charge is -2.05. The van der Waals surface area contributed by atoms with Gasteiger partial charge in [0.2, 0.25) is 0 Å². The van der Waals surface area contributed by atoms with Crippen LogP contribution in [0.25, 0.3) is 5.69 Å². The summed E-state index contributed by atoms with van der Waals surface area (Å²) in [6.45, 7) is 0. The van der Waals surface area contributed by atoms with Gasteiger partial charge in [0, 0.05) is 12.1 Å². The van der Waals surface area contributed by atoms with Crippen molar-refractivity contribution in [3.63, 3.8) is 0 Å². The summed E-state index contributed by atoms with van der Waals surface area (Å²) in [6.07, 6.45) is 0.723. The van der Waals surface area contributed by atoms with Gasteiger partial charge in [0.05, 0.1) is 24.0 Å². The van der Waals surface area contributed by atoms with E-state index in [1.54, 1.807) is 0 Å². The number of carboxylic acid groups (broad SMARTS) is 1. The second-order valence-corrected chi connectivity index (χ2v) is 3.43. The minimum absolute atomic E-state index is 0.118. The van der Waals surface area contributed by atoms with E-state index >= 15 is 0 Å². The highest BCUT2D eigenvalue weighted by Crippen LogP contribution is 2.17. The average Bonchev–Trinajstić information content (AvgIpc) is 2.72. The molecule has 5 nitrogen and oxygen atoms in total. The molecule has 0 saturated heterocycles. The number of aliphatic carboxylic acids is 1. The smallest absolute Gasteiger partial charge is 0.309 e. The van der Waals surface area contributed by atoms with Crippen molar-refractivity contribution in [1.29, 1.82) is 0 Å². The molecule has 0 spiro atoms. The van der Waals surface area contributed by atoms with Gasteiger partial charge < -0.3 is 5.11 Å². The SMILES string of the molecule is O=C(O)Cc1cnnn1-c1cc(F)c(F)c(F)c1. The predicted molar refractivity (Wildman–Crippen MR) is 52.6 cm³/mol. The van der Waals surface area contributed by atoms with Gasteiger partial charge in [-0.3, -0.25) is 4.79 Å². The lowest BCUT2D eigenvalue weighted by molar-refractivity contribution is -0.136. The summed E-state index contributed by atoms with van der Waals surface area (Å²) in [6, 6.07) is 1.41. The van der Waals surface area contributed by atoms with E-state index in [1.165, 1.54) is 0 Å². The molecule has 0 radical (unpaired) electrons. The lowest BCUT2D eigenvalue weighted by Crippen LogP contribution is -2.09. The van der Waals surface area contributed by atoms with Crippen molar-refractivity contribution < 1.29 is 23.1 Å². The highest BCUT2D eigenvalue weighted by atomic mass is 19.2. The van der Waals surface area contributed by atoms with Crippen LogP contribution in [0.2, 0.25) is 0 Å². The summed E-state index contributed by atoms with van der Waals surface area (Å²) in [5.74, 6) is -5.52. The summed E-state index contributed by atoms with van der Waals surface area (Å²) >= 11 is 0. The normalized spacial score (nSPS) is 10.6. The predicted octanol–water partition coefficient (Wildman–Crippen LogP) is 1.31. The molecule has 1 aromatic carbocycles. The Hall–Kier alpha value is -2.38. The van der Waals surface area contributed by atoms with Crippen molar-refractivity contribution >= 4 is 5.97 Å². The van der Waals surface area contributed by atoms with Gasteiger partial charge in [0.15, 0.2) is 17.5 Å². The second-order valence-electron chi connectivity index (χ2n) is 3.43. The van der Waals surface area contributed by atoms with E-state index in [-0.39, 0.29) is 11.4 Å². The number of benzene rings is 1. The fourth-order valence-electron chi connectivity index (χ4n) is 1.41. The zero-order chi connectivity index (χ0) is 13.3. The number of carbonyl (C=O) groups is 1. The number of aromatic nitrogens is 3. The van der Waals surface area contributed by atoms with Crippen molar-refractivity contribution in [2.75, 3.05) is 0 Å². The molecule has 1 aromatic heterocycles. The van der Waals surface area contributed by atoms with Crippen molar-refractivity contribution in [3.05, 3.63) is 41.5 Å². The monoisotopic (exact) mass is 257 g/mol. The van der Waals surface area contributed by atoms with E-state index in [4.69, 9.17) is 5.11 Å². The fourth-order valence-corrected chi connectivity index (χ4v) is 1.41. The van der Waals surface area contributed by atoms with Crippen LogP contribution in [0.1, 0.15) is 5.69 Å². The van der Waals surface area contributed by atoms with Crippen LogP contribution in [0.3, 0.4) is 0 Å². The molecule has 8 heteroatoms. The number of carboxylic acids is 1. The van der Waals surface area contributed by atoms with Crippen molar-refractivity contribution in [2.24, 2.45) is 0 Å². The molecule has 0 fully saturated rings. The van der Waals surface area contributed by atoms with Crippen LogP contribution in [0.4, 0.5) is 13.2 Å². The van der Waals surface area contributed by atoms with E-state index in [0.29, 0.717) is 12.1 Å². The third-order valence-corrected chi connectivity index (χ3v) is 2.17. The zero-order valence-corrected chi connectivity index (χ0v) is 8.77. The Bertz CT molecular complexity index is 589. The minimum atomic E-state index is -1.60. The van der Waals surface area contributed by atoms with Gasteiger partial charge in [-0.15, -0.1) is 5.10 Å². The molecule has 1 N–H and O–H groups in total. The molecule has 1 heterocycles. The van der Waals surface area contributed by atoms with Crippen molar-refractivity contribution in [1.82, 2.24) is 15.0 Å². The van der Waals surface area contributed by atoms with Crippen LogP contribution < -0.4 is 0 Å². The van der Waals surface area contributed by atoms with Crippen LogP contribution >= 0.6 is 0 Å². The third kappa shape index (κ3) is 2.17. The van der Waals surface area contributed by atoms with Crippen LogP contribution in [0.15, 0.2) is 18.3 Å². The maximum absolute atomic E-state index is 13.0. The van der Waals surface area contributed by atoms with E-state index in [2.05, 4.69) is 10.3 Å². The maximum atomic E-state index is 13.0. The molecule has 0 atom stereocenters. The molecule has 0 bridgehead atoms. The first-order valence-corrected chi connectivity index (χ1v) is 4.75. The molecule has 0 unspecified atom stereocenters. The van der Waals surface area contributed by atoms with E-state index in [1.807, 2.05) is 0 Å². The topological polar surface area (TPSA) is 68.0 Å². The number of hydrogen-bond acceptors (Lipinski definition) is 3. The van der Waals surface area contributed by atoms with Gasteiger partial charge in [-0.05, 0) is 0 Å². The number of hydrogen-bond donors (Lipinski definition) is 1. The van der Waals surface area contributed by atoms with Gasteiger partial charge in [0.1, 0.15) is 0 Å². The second kappa shape index (κ2) is 4.47. The zero-order valence-electron chi connectivity index (χ0n) is 8.77. The van der Waals surface area contributed by atoms with E-state index < -0.39 is 29.8 Å². The van der Waals surface area contributed by atoms with Crippen molar-refractivity contribution in [3.8, 4) is 5.69 Å². The van der Waals surface area contributed by atoms with Crippen LogP contribution in [0, 0.1) is 17.5 Å². The standard InChI is InChI=1S/C10H6F3N3O2/c11-7-1-5(2-8(12)10(7)13)16-6(3-9(17)18)4-14-15-16/h1-2,4H,3H2,(H,17,18). The molecule has 2 aromatic rings. The summed E-state index contributed by atoms with van der Waals surface area (Å²) < 4.78 is 39.8. The Labute approximate surface area is 98.5 Å². The first-order valence-electron chi connectivity index (χ1n) is 4.75. The fraction of sp³-hybridized carbons (Fsp3) is 0.100. The van der Waals surface area contributed by atoms with Gasteiger partial charge in [0.25, 0.3) is 0 Å². The molecule has 0 aliphatic rings. The average molecular weight is 257 g/mol. The van der Waals surface area contributed by atoms with Crippen LogP contribution in [-0.4, -0.2) is 26.1 Å². The summed E-state index contributed by atoms with van der Waals surface area (Å²) in [7, 11) is 0. The van der Waals surface area contributed by atoms with Gasteiger partial charge in [-0.1, -0.05) is 5.21 Å². The third-order valence-electron chi connectivity index (χ3n) is 2.17. The summed E-state index contributed by atoms with van der Waals surface area (Å²) in [5, 5.41) is 15.6. The maximum Gasteiger partial charge on any atom is 0.309 e. The highest BCUT2D eigenvalue weighted by molar-refractivity contribution is 5.69. The van der Waals surface area contributed by atoms with Crippen LogP contribution in [-0.2, 0) is 11.2 Å². The molecule has 0 amide bonds. The molecule has 0 saturated carbocycles. The van der Waals surface area contributed by atoms with Gasteiger partial charge in [-0.2, -0.15) is 0 Å². The summed E-state index contributed by atoms with van der Waals surface area (Å²) in [4.78, 5) is 10.6. The van der Waals surface area contributed by atoms with E-state index in [0.717, 1.165) is 10.9 Å². The summed E-state index contributed by atoms with van der Waals surface area (Å²) in [5.41, 5.74) is -0.0203. The molecule has 18 heavy (non-hydrogen) atoms.